The van der Waals surface area contributed by atoms with Crippen LogP contribution in [-0.4, -0.2) is 16.5 Å². The predicted octanol–water partition coefficient (Wildman–Crippen LogP) is 3.33. The normalized spacial score (nSPS) is 10.7. The number of oxazole rings is 1. The molecule has 0 radical (unpaired) electrons. The molecule has 0 spiro atoms. The number of nitrogens with zero attached hydrogens (tertiary/aromatic N) is 1. The molecule has 0 aliphatic heterocycles. The van der Waals surface area contributed by atoms with Gasteiger partial charge >= 0.3 is 0 Å². The molecule has 100 valence electrons. The maximum atomic E-state index is 12.7. The number of benzene rings is 1. The fourth-order valence-electron chi connectivity index (χ4n) is 1.53. The highest BCUT2D eigenvalue weighted by Gasteiger charge is 2.10. The van der Waals surface area contributed by atoms with Crippen molar-refractivity contribution in [1.82, 2.24) is 4.98 Å². The van der Waals surface area contributed by atoms with Gasteiger partial charge in [0.15, 0.2) is 0 Å². The summed E-state index contributed by atoms with van der Waals surface area (Å²) in [6.45, 7) is 3.70. The van der Waals surface area contributed by atoms with Gasteiger partial charge in [0.25, 0.3) is 5.22 Å². The van der Waals surface area contributed by atoms with Gasteiger partial charge in [-0.05, 0) is 31.5 Å². The molecular weight excluding hydrogens is 265 g/mol. The molecule has 5 heteroatoms. The molecule has 0 aliphatic carbocycles. The third-order valence-corrected chi connectivity index (χ3v) is 3.57. The van der Waals surface area contributed by atoms with Crippen molar-refractivity contribution in [2.45, 2.75) is 25.5 Å². The molecule has 1 aromatic carbocycles. The van der Waals surface area contributed by atoms with E-state index in [0.717, 1.165) is 17.0 Å². The number of halogens is 1. The minimum Gasteiger partial charge on any atom is -0.437 e. The van der Waals surface area contributed by atoms with E-state index >= 15 is 0 Å². The molecule has 0 bridgehead atoms. The molecule has 0 aliphatic rings. The van der Waals surface area contributed by atoms with Gasteiger partial charge in [0.1, 0.15) is 17.4 Å². The predicted molar refractivity (Wildman–Crippen MR) is 71.8 cm³/mol. The molecule has 2 rings (SSSR count). The van der Waals surface area contributed by atoms with Gasteiger partial charge in [0.05, 0.1) is 11.4 Å². The molecular formula is C14H14FNO2S. The Morgan fingerprint density at radius 2 is 2.00 bits per heavy atom. The molecule has 0 saturated carbocycles. The molecule has 19 heavy (non-hydrogen) atoms. The Bertz CT molecular complexity index is 558. The number of aromatic nitrogens is 1. The molecule has 2 aromatic rings. The summed E-state index contributed by atoms with van der Waals surface area (Å²) in [4.78, 5) is 16.0. The van der Waals surface area contributed by atoms with Crippen LogP contribution in [0.25, 0.3) is 0 Å². The van der Waals surface area contributed by atoms with E-state index in [1.807, 2.05) is 13.8 Å². The average Bonchev–Trinajstić information content (AvgIpc) is 2.69. The van der Waals surface area contributed by atoms with Crippen LogP contribution in [-0.2, 0) is 11.2 Å². The molecule has 0 unspecified atom stereocenters. The minimum atomic E-state index is -0.295. The van der Waals surface area contributed by atoms with Crippen molar-refractivity contribution in [3.8, 4) is 0 Å². The van der Waals surface area contributed by atoms with Crippen LogP contribution in [0.15, 0.2) is 33.9 Å². The maximum Gasteiger partial charge on any atom is 0.256 e. The Balaban J connectivity index is 1.86. The fourth-order valence-corrected chi connectivity index (χ4v) is 2.30. The zero-order valence-corrected chi connectivity index (χ0v) is 11.6. The van der Waals surface area contributed by atoms with Gasteiger partial charge in [-0.25, -0.2) is 9.37 Å². The first-order chi connectivity index (χ1) is 9.04. The van der Waals surface area contributed by atoms with Gasteiger partial charge in [0.2, 0.25) is 0 Å². The summed E-state index contributed by atoms with van der Waals surface area (Å²) in [7, 11) is 0. The standard InChI is InChI=1S/C14H14FNO2S/c1-9-10(2)18-14(16-9)19-8-13(17)7-11-3-5-12(15)6-4-11/h3-6H,7-8H2,1-2H3. The van der Waals surface area contributed by atoms with Crippen LogP contribution < -0.4 is 0 Å². The number of thioether (sulfide) groups is 1. The van der Waals surface area contributed by atoms with E-state index in [0.29, 0.717) is 17.4 Å². The molecule has 0 N–H and O–H groups in total. The molecule has 0 saturated heterocycles. The van der Waals surface area contributed by atoms with Crippen LogP contribution in [0.2, 0.25) is 0 Å². The number of hydrogen-bond acceptors (Lipinski definition) is 4. The van der Waals surface area contributed by atoms with Gasteiger partial charge in [-0.3, -0.25) is 4.79 Å². The highest BCUT2D eigenvalue weighted by atomic mass is 32.2. The third-order valence-electron chi connectivity index (χ3n) is 2.68. The van der Waals surface area contributed by atoms with Crippen LogP contribution in [0.3, 0.4) is 0 Å². The SMILES string of the molecule is Cc1nc(SCC(=O)Cc2ccc(F)cc2)oc1C. The Kier molecular flexibility index (Phi) is 4.37. The number of hydrogen-bond donors (Lipinski definition) is 0. The van der Waals surface area contributed by atoms with E-state index in [1.165, 1.54) is 23.9 Å². The summed E-state index contributed by atoms with van der Waals surface area (Å²) < 4.78 is 18.1. The van der Waals surface area contributed by atoms with Crippen molar-refractivity contribution in [1.29, 1.82) is 0 Å². The van der Waals surface area contributed by atoms with Crippen molar-refractivity contribution in [3.63, 3.8) is 0 Å². The number of ketones is 1. The second-order valence-electron chi connectivity index (χ2n) is 4.25. The summed E-state index contributed by atoms with van der Waals surface area (Å²) >= 11 is 1.28. The van der Waals surface area contributed by atoms with Crippen molar-refractivity contribution in [2.24, 2.45) is 0 Å². The summed E-state index contributed by atoms with van der Waals surface area (Å²) in [5.74, 6) is 0.839. The van der Waals surface area contributed by atoms with Crippen LogP contribution in [0, 0.1) is 19.7 Å². The van der Waals surface area contributed by atoms with Crippen LogP contribution in [0.5, 0.6) is 0 Å². The van der Waals surface area contributed by atoms with Gasteiger partial charge in [-0.2, -0.15) is 0 Å². The highest BCUT2D eigenvalue weighted by Crippen LogP contribution is 2.20. The van der Waals surface area contributed by atoms with Crippen LogP contribution in [0.1, 0.15) is 17.0 Å². The highest BCUT2D eigenvalue weighted by molar-refractivity contribution is 7.99. The summed E-state index contributed by atoms with van der Waals surface area (Å²) in [6.07, 6.45) is 0.298. The Hall–Kier alpha value is -1.62. The average molecular weight is 279 g/mol. The summed E-state index contributed by atoms with van der Waals surface area (Å²) in [5.41, 5.74) is 1.65. The van der Waals surface area contributed by atoms with Crippen molar-refractivity contribution in [2.75, 3.05) is 5.75 Å². The van der Waals surface area contributed by atoms with E-state index < -0.39 is 0 Å². The zero-order chi connectivity index (χ0) is 13.8. The molecule has 0 atom stereocenters. The maximum absolute atomic E-state index is 12.7. The Morgan fingerprint density at radius 3 is 2.58 bits per heavy atom. The number of rotatable bonds is 5. The molecule has 0 fully saturated rings. The smallest absolute Gasteiger partial charge is 0.256 e. The van der Waals surface area contributed by atoms with Gasteiger partial charge in [-0.15, -0.1) is 0 Å². The first-order valence-corrected chi connectivity index (χ1v) is 6.86. The third kappa shape index (κ3) is 3.92. The van der Waals surface area contributed by atoms with Crippen LogP contribution in [0.4, 0.5) is 4.39 Å². The Morgan fingerprint density at radius 1 is 1.32 bits per heavy atom. The lowest BCUT2D eigenvalue weighted by molar-refractivity contribution is -0.116. The first-order valence-electron chi connectivity index (χ1n) is 5.87. The van der Waals surface area contributed by atoms with Gasteiger partial charge < -0.3 is 4.42 Å². The minimum absolute atomic E-state index is 0.0603. The lowest BCUT2D eigenvalue weighted by atomic mass is 10.1. The second kappa shape index (κ2) is 6.02. The topological polar surface area (TPSA) is 43.1 Å². The molecule has 1 heterocycles. The van der Waals surface area contributed by atoms with E-state index in [9.17, 15) is 9.18 Å². The number of Topliss-reactive ketones (excluding diaryl/α,β-unsaturated/α-hetero) is 1. The molecule has 3 nitrogen and oxygen atoms in total. The fraction of sp³-hybridized carbons (Fsp3) is 0.286. The first kappa shape index (κ1) is 13.8. The number of carbonyl (C=O) groups is 1. The Labute approximate surface area is 115 Å². The largest absolute Gasteiger partial charge is 0.437 e. The van der Waals surface area contributed by atoms with Gasteiger partial charge in [0, 0.05) is 6.42 Å². The monoisotopic (exact) mass is 279 g/mol. The van der Waals surface area contributed by atoms with E-state index in [1.54, 1.807) is 12.1 Å². The zero-order valence-electron chi connectivity index (χ0n) is 10.8. The number of aryl methyl sites for hydroxylation is 2. The van der Waals surface area contributed by atoms with E-state index in [4.69, 9.17) is 4.42 Å². The van der Waals surface area contributed by atoms with Crippen molar-refractivity contribution >= 4 is 17.5 Å². The van der Waals surface area contributed by atoms with E-state index in [2.05, 4.69) is 4.98 Å². The van der Waals surface area contributed by atoms with Crippen molar-refractivity contribution in [3.05, 3.63) is 47.1 Å². The second-order valence-corrected chi connectivity index (χ2v) is 5.18. The molecule has 0 amide bonds. The quantitative estimate of drug-likeness (QED) is 0.787. The summed E-state index contributed by atoms with van der Waals surface area (Å²) in [6, 6.07) is 5.96. The summed E-state index contributed by atoms with van der Waals surface area (Å²) in [5, 5.41) is 0.516. The number of carbonyl (C=O) groups excluding carboxylic acids is 1. The lowest BCUT2D eigenvalue weighted by Gasteiger charge is -1.99. The lowest BCUT2D eigenvalue weighted by Crippen LogP contribution is -2.05. The van der Waals surface area contributed by atoms with Gasteiger partial charge in [-0.1, -0.05) is 23.9 Å². The van der Waals surface area contributed by atoms with Crippen molar-refractivity contribution < 1.29 is 13.6 Å². The van der Waals surface area contributed by atoms with Crippen LogP contribution >= 0.6 is 11.8 Å². The molecule has 1 aromatic heterocycles. The van der Waals surface area contributed by atoms with E-state index in [-0.39, 0.29) is 11.6 Å².